The van der Waals surface area contributed by atoms with Gasteiger partial charge in [0.05, 0.1) is 12.2 Å². The van der Waals surface area contributed by atoms with Crippen LogP contribution in [0.5, 0.6) is 0 Å². The van der Waals surface area contributed by atoms with Gasteiger partial charge in [-0.25, -0.2) is 0 Å². The van der Waals surface area contributed by atoms with Crippen LogP contribution in [0.15, 0.2) is 60.7 Å². The summed E-state index contributed by atoms with van der Waals surface area (Å²) in [5.74, 6) is 0.640. The fraction of sp³-hybridized carbons (Fsp3) is 0.519. The van der Waals surface area contributed by atoms with E-state index in [2.05, 4.69) is 30.9 Å². The summed E-state index contributed by atoms with van der Waals surface area (Å²) in [5.41, 5.74) is 0.757. The van der Waals surface area contributed by atoms with E-state index in [1.54, 1.807) is 0 Å². The van der Waals surface area contributed by atoms with Crippen LogP contribution in [-0.2, 0) is 17.6 Å². The highest BCUT2D eigenvalue weighted by molar-refractivity contribution is 5.82. The highest BCUT2D eigenvalue weighted by Gasteiger charge is 2.62. The first-order valence-corrected chi connectivity index (χ1v) is 11.5. The molecule has 0 aromatic heterocycles. The van der Waals surface area contributed by atoms with Gasteiger partial charge >= 0.3 is 0 Å². The molecule has 4 atom stereocenters. The van der Waals surface area contributed by atoms with Crippen molar-refractivity contribution in [3.8, 4) is 0 Å². The second-order valence-electron chi connectivity index (χ2n) is 10.3. The number of rotatable bonds is 7. The SMILES string of the molecule is CC(C)CN1C[C@@]2(Cc3ccccc3)CC(=O)C[C@@](C(O)Cc3ccccc3)(C1)C2O. The Kier molecular flexibility index (Phi) is 6.34. The Morgan fingerprint density at radius 3 is 2.19 bits per heavy atom. The molecular formula is C27H35NO3. The number of aliphatic hydroxyl groups excluding tert-OH is 2. The fourth-order valence-corrected chi connectivity index (χ4v) is 6.14. The molecule has 1 heterocycles. The second-order valence-corrected chi connectivity index (χ2v) is 10.3. The number of ketones is 1. The van der Waals surface area contributed by atoms with Gasteiger partial charge in [-0.1, -0.05) is 74.5 Å². The van der Waals surface area contributed by atoms with Crippen molar-refractivity contribution >= 4 is 5.78 Å². The minimum absolute atomic E-state index is 0.164. The van der Waals surface area contributed by atoms with Crippen LogP contribution >= 0.6 is 0 Å². The Hall–Kier alpha value is -2.01. The highest BCUT2D eigenvalue weighted by atomic mass is 16.3. The van der Waals surface area contributed by atoms with Crippen LogP contribution in [0.2, 0.25) is 0 Å². The molecule has 4 heteroatoms. The molecule has 1 saturated heterocycles. The lowest BCUT2D eigenvalue weighted by Crippen LogP contribution is -2.70. The predicted octanol–water partition coefficient (Wildman–Crippen LogP) is 3.50. The average molecular weight is 422 g/mol. The number of carbonyl (C=O) groups is 1. The van der Waals surface area contributed by atoms with Gasteiger partial charge in [0.25, 0.3) is 0 Å². The summed E-state index contributed by atoms with van der Waals surface area (Å²) in [4.78, 5) is 15.5. The van der Waals surface area contributed by atoms with Crippen LogP contribution in [0.4, 0.5) is 0 Å². The van der Waals surface area contributed by atoms with Gasteiger partial charge in [-0.05, 0) is 29.9 Å². The number of nitrogens with zero attached hydrogens (tertiary/aromatic N) is 1. The second kappa shape index (κ2) is 8.85. The Labute approximate surface area is 185 Å². The van der Waals surface area contributed by atoms with Crippen LogP contribution in [0, 0.1) is 16.7 Å². The maximum Gasteiger partial charge on any atom is 0.134 e. The van der Waals surface area contributed by atoms with Crippen LogP contribution in [-0.4, -0.2) is 52.7 Å². The predicted molar refractivity (Wildman–Crippen MR) is 123 cm³/mol. The zero-order valence-electron chi connectivity index (χ0n) is 18.7. The van der Waals surface area contributed by atoms with Gasteiger partial charge in [-0.3, -0.25) is 4.79 Å². The first kappa shape index (κ1) is 22.2. The van der Waals surface area contributed by atoms with Crippen molar-refractivity contribution in [3.05, 3.63) is 71.8 Å². The maximum atomic E-state index is 13.1. The van der Waals surface area contributed by atoms with E-state index in [0.29, 0.717) is 38.3 Å². The van der Waals surface area contributed by atoms with Gasteiger partial charge in [0, 0.05) is 43.3 Å². The molecule has 2 fully saturated rings. The Morgan fingerprint density at radius 1 is 0.968 bits per heavy atom. The number of piperidine rings is 1. The van der Waals surface area contributed by atoms with E-state index < -0.39 is 23.0 Å². The molecule has 4 nitrogen and oxygen atoms in total. The van der Waals surface area contributed by atoms with Crippen LogP contribution < -0.4 is 0 Å². The smallest absolute Gasteiger partial charge is 0.134 e. The molecule has 0 amide bonds. The maximum absolute atomic E-state index is 13.1. The summed E-state index contributed by atoms with van der Waals surface area (Å²) in [5, 5.41) is 23.3. The molecular weight excluding hydrogens is 386 g/mol. The van der Waals surface area contributed by atoms with Crippen LogP contribution in [0.1, 0.15) is 37.8 Å². The zero-order valence-corrected chi connectivity index (χ0v) is 18.7. The van der Waals surface area contributed by atoms with Gasteiger partial charge in [0.2, 0.25) is 0 Å². The van der Waals surface area contributed by atoms with Crippen molar-refractivity contribution < 1.29 is 15.0 Å². The molecule has 0 radical (unpaired) electrons. The summed E-state index contributed by atoms with van der Waals surface area (Å²) in [6.45, 7) is 6.54. The normalized spacial score (nSPS) is 29.8. The van der Waals surface area contributed by atoms with E-state index in [-0.39, 0.29) is 12.2 Å². The number of benzene rings is 2. The summed E-state index contributed by atoms with van der Waals surface area (Å²) in [6.07, 6.45) is 0.210. The molecule has 2 unspecified atom stereocenters. The van der Waals surface area contributed by atoms with Crippen molar-refractivity contribution in [2.75, 3.05) is 19.6 Å². The van der Waals surface area contributed by atoms with Crippen LogP contribution in [0.25, 0.3) is 0 Å². The Morgan fingerprint density at radius 2 is 1.58 bits per heavy atom. The molecule has 166 valence electrons. The zero-order chi connectivity index (χ0) is 22.1. The number of fused-ring (bicyclic) bond motifs is 2. The largest absolute Gasteiger partial charge is 0.392 e. The van der Waals surface area contributed by atoms with Crippen molar-refractivity contribution in [1.29, 1.82) is 0 Å². The number of hydrogen-bond acceptors (Lipinski definition) is 4. The molecule has 1 saturated carbocycles. The third kappa shape index (κ3) is 4.48. The average Bonchev–Trinajstić information content (AvgIpc) is 2.71. The summed E-state index contributed by atoms with van der Waals surface area (Å²) in [6, 6.07) is 20.1. The van der Waals surface area contributed by atoms with E-state index in [1.165, 1.54) is 0 Å². The molecule has 2 bridgehead atoms. The third-order valence-corrected chi connectivity index (χ3v) is 7.21. The number of likely N-dealkylation sites (tertiary alicyclic amines) is 1. The summed E-state index contributed by atoms with van der Waals surface area (Å²) in [7, 11) is 0. The lowest BCUT2D eigenvalue weighted by molar-refractivity contribution is -0.204. The Bertz CT molecular complexity index is 884. The summed E-state index contributed by atoms with van der Waals surface area (Å²) >= 11 is 0. The van der Waals surface area contributed by atoms with E-state index in [9.17, 15) is 15.0 Å². The highest BCUT2D eigenvalue weighted by Crippen LogP contribution is 2.53. The summed E-state index contributed by atoms with van der Waals surface area (Å²) < 4.78 is 0. The first-order chi connectivity index (χ1) is 14.8. The lowest BCUT2D eigenvalue weighted by atomic mass is 9.52. The number of hydrogen-bond donors (Lipinski definition) is 2. The molecule has 2 N–H and O–H groups in total. The minimum Gasteiger partial charge on any atom is -0.392 e. The molecule has 0 spiro atoms. The van der Waals surface area contributed by atoms with Crippen molar-refractivity contribution in [1.82, 2.24) is 4.90 Å². The van der Waals surface area contributed by atoms with E-state index >= 15 is 0 Å². The number of Topliss-reactive ketones (excluding diaryl/α,β-unsaturated/α-hetero) is 1. The van der Waals surface area contributed by atoms with E-state index in [4.69, 9.17) is 0 Å². The van der Waals surface area contributed by atoms with Crippen molar-refractivity contribution in [3.63, 3.8) is 0 Å². The first-order valence-electron chi connectivity index (χ1n) is 11.5. The molecule has 2 aliphatic rings. The number of carbonyl (C=O) groups excluding carboxylic acids is 1. The quantitative estimate of drug-likeness (QED) is 0.718. The molecule has 2 aromatic carbocycles. The van der Waals surface area contributed by atoms with Gasteiger partial charge in [0.1, 0.15) is 5.78 Å². The minimum atomic E-state index is -0.840. The van der Waals surface area contributed by atoms with Crippen molar-refractivity contribution in [2.24, 2.45) is 16.7 Å². The molecule has 1 aliphatic heterocycles. The van der Waals surface area contributed by atoms with Crippen LogP contribution in [0.3, 0.4) is 0 Å². The van der Waals surface area contributed by atoms with Gasteiger partial charge in [-0.15, -0.1) is 0 Å². The van der Waals surface area contributed by atoms with Gasteiger partial charge in [-0.2, -0.15) is 0 Å². The lowest BCUT2D eigenvalue weighted by Gasteiger charge is -2.60. The third-order valence-electron chi connectivity index (χ3n) is 7.21. The van der Waals surface area contributed by atoms with Gasteiger partial charge in [0.15, 0.2) is 0 Å². The van der Waals surface area contributed by atoms with Gasteiger partial charge < -0.3 is 15.1 Å². The molecule has 2 aromatic rings. The monoisotopic (exact) mass is 421 g/mol. The number of aliphatic hydroxyl groups is 2. The molecule has 1 aliphatic carbocycles. The molecule has 4 rings (SSSR count). The Balaban J connectivity index is 1.71. The standard InChI is InChI=1S/C27H35NO3/c1-20(2)17-28-18-26(14-22-11-7-4-8-12-22)15-23(29)16-27(19-28,25(26)31)24(30)13-21-9-5-3-6-10-21/h3-12,20,24-25,30-31H,13-19H2,1-2H3/t24?,25?,26-,27+/m1/s1. The van der Waals surface area contributed by atoms with Crippen molar-refractivity contribution in [2.45, 2.75) is 51.7 Å². The fourth-order valence-electron chi connectivity index (χ4n) is 6.14. The van der Waals surface area contributed by atoms with E-state index in [0.717, 1.165) is 17.7 Å². The molecule has 31 heavy (non-hydrogen) atoms. The topological polar surface area (TPSA) is 60.8 Å². The van der Waals surface area contributed by atoms with E-state index in [1.807, 2.05) is 48.5 Å².